The summed E-state index contributed by atoms with van der Waals surface area (Å²) in [6.07, 6.45) is 50.2. The van der Waals surface area contributed by atoms with E-state index in [1.165, 1.54) is 70.6 Å². The van der Waals surface area contributed by atoms with Gasteiger partial charge in [-0.25, -0.2) is 4.79 Å². The second-order valence-corrected chi connectivity index (χ2v) is 19.2. The molecule has 6 unspecified atom stereocenters. The lowest BCUT2D eigenvalue weighted by Gasteiger charge is -2.40. The van der Waals surface area contributed by atoms with Crippen molar-refractivity contribution >= 4 is 23.9 Å². The second kappa shape index (κ2) is 48.8. The molecule has 6 atom stereocenters. The molecule has 1 aliphatic heterocycles. The molecule has 1 saturated heterocycles. The SMILES string of the molecule is CC/C=C\C/C=C\C/C=C\C/C=C\C/C=C\CC(=O)OC1C(OCC(COC(=O)CCCCCCCCC/C=C\CCCCCCCC)OC(=O)CCCCCCC/C=C\CCCC)OC(C(=O)O)C(O)C1O. The first-order valence-electron chi connectivity index (χ1n) is 28.6. The number of carboxylic acids is 1. The van der Waals surface area contributed by atoms with Crippen LogP contribution in [0.1, 0.15) is 226 Å². The van der Waals surface area contributed by atoms with Crippen LogP contribution in [0.15, 0.2) is 85.1 Å². The van der Waals surface area contributed by atoms with E-state index in [0.29, 0.717) is 19.3 Å². The molecule has 12 nitrogen and oxygen atoms in total. The summed E-state index contributed by atoms with van der Waals surface area (Å²) in [6, 6.07) is 0. The number of carbonyl (C=O) groups excluding carboxylic acids is 3. The van der Waals surface area contributed by atoms with Gasteiger partial charge in [-0.3, -0.25) is 14.4 Å². The number of allylic oxidation sites excluding steroid dienone is 13. The quantitative estimate of drug-likeness (QED) is 0.0228. The first-order valence-corrected chi connectivity index (χ1v) is 28.6. The highest BCUT2D eigenvalue weighted by atomic mass is 16.7. The molecule has 0 radical (unpaired) electrons. The fraction of sp³-hybridized carbons (Fsp3) is 0.705. The number of unbranched alkanes of at least 4 members (excludes halogenated alkanes) is 20. The third kappa shape index (κ3) is 39.0. The van der Waals surface area contributed by atoms with Crippen molar-refractivity contribution in [3.63, 3.8) is 0 Å². The lowest BCUT2D eigenvalue weighted by Crippen LogP contribution is -2.61. The number of ether oxygens (including phenoxy) is 5. The number of carbonyl (C=O) groups is 4. The molecular formula is C61H100O12. The normalized spacial score (nSPS) is 18.9. The topological polar surface area (TPSA) is 175 Å². The van der Waals surface area contributed by atoms with Crippen molar-refractivity contribution < 1.29 is 58.2 Å². The summed E-state index contributed by atoms with van der Waals surface area (Å²) in [5.74, 6) is -3.30. The Balaban J connectivity index is 2.74. The molecule has 12 heteroatoms. The third-order valence-electron chi connectivity index (χ3n) is 12.5. The highest BCUT2D eigenvalue weighted by Crippen LogP contribution is 2.26. The van der Waals surface area contributed by atoms with Crippen molar-refractivity contribution in [1.29, 1.82) is 0 Å². The summed E-state index contributed by atoms with van der Waals surface area (Å²) in [7, 11) is 0. The molecule has 0 aromatic heterocycles. The summed E-state index contributed by atoms with van der Waals surface area (Å²) >= 11 is 0. The van der Waals surface area contributed by atoms with Crippen LogP contribution in [0.4, 0.5) is 0 Å². The molecule has 1 fully saturated rings. The number of hydrogen-bond donors (Lipinski definition) is 3. The molecule has 0 spiro atoms. The summed E-state index contributed by atoms with van der Waals surface area (Å²) in [5, 5.41) is 31.4. The van der Waals surface area contributed by atoms with Gasteiger partial charge in [0.1, 0.15) is 18.8 Å². The Bertz CT molecular complexity index is 1590. The number of aliphatic hydroxyl groups is 2. The van der Waals surface area contributed by atoms with Crippen molar-refractivity contribution in [2.45, 2.75) is 263 Å². The fourth-order valence-corrected chi connectivity index (χ4v) is 8.07. The Morgan fingerprint density at radius 1 is 0.479 bits per heavy atom. The second-order valence-electron chi connectivity index (χ2n) is 19.2. The van der Waals surface area contributed by atoms with E-state index in [1.807, 2.05) is 12.2 Å². The first-order chi connectivity index (χ1) is 35.6. The molecule has 0 bridgehead atoms. The van der Waals surface area contributed by atoms with E-state index in [0.717, 1.165) is 96.3 Å². The van der Waals surface area contributed by atoms with E-state index in [4.69, 9.17) is 23.7 Å². The lowest BCUT2D eigenvalue weighted by atomic mass is 9.98. The molecule has 0 aromatic rings. The lowest BCUT2D eigenvalue weighted by molar-refractivity contribution is -0.301. The molecule has 0 saturated carbocycles. The van der Waals surface area contributed by atoms with Crippen LogP contribution in [0.5, 0.6) is 0 Å². The van der Waals surface area contributed by atoms with E-state index in [9.17, 15) is 34.5 Å². The Morgan fingerprint density at radius 3 is 1.41 bits per heavy atom. The molecule has 1 heterocycles. The summed E-state index contributed by atoms with van der Waals surface area (Å²) in [6.45, 7) is 5.77. The zero-order chi connectivity index (χ0) is 53.3. The van der Waals surface area contributed by atoms with Gasteiger partial charge in [-0.1, -0.05) is 202 Å². The highest BCUT2D eigenvalue weighted by molar-refractivity contribution is 5.74. The molecule has 1 rings (SSSR count). The van der Waals surface area contributed by atoms with Crippen LogP contribution in [-0.4, -0.2) is 89.2 Å². The summed E-state index contributed by atoms with van der Waals surface area (Å²) in [4.78, 5) is 50.9. The molecule has 0 amide bonds. The van der Waals surface area contributed by atoms with Crippen molar-refractivity contribution in [2.75, 3.05) is 13.2 Å². The smallest absolute Gasteiger partial charge is 0.335 e. The van der Waals surface area contributed by atoms with Crippen molar-refractivity contribution in [3.8, 4) is 0 Å². The van der Waals surface area contributed by atoms with Crippen molar-refractivity contribution in [1.82, 2.24) is 0 Å². The monoisotopic (exact) mass is 1020 g/mol. The van der Waals surface area contributed by atoms with E-state index in [1.54, 1.807) is 12.2 Å². The predicted octanol–water partition coefficient (Wildman–Crippen LogP) is 14.3. The molecule has 1 aliphatic rings. The van der Waals surface area contributed by atoms with Gasteiger partial charge in [0.2, 0.25) is 0 Å². The largest absolute Gasteiger partial charge is 0.479 e. The molecule has 73 heavy (non-hydrogen) atoms. The third-order valence-corrected chi connectivity index (χ3v) is 12.5. The predicted molar refractivity (Wildman–Crippen MR) is 294 cm³/mol. The molecule has 0 aromatic carbocycles. The van der Waals surface area contributed by atoms with Crippen LogP contribution in [0.2, 0.25) is 0 Å². The average Bonchev–Trinajstić information content (AvgIpc) is 3.37. The van der Waals surface area contributed by atoms with Gasteiger partial charge in [0.25, 0.3) is 0 Å². The maximum absolute atomic E-state index is 13.1. The van der Waals surface area contributed by atoms with Crippen LogP contribution >= 0.6 is 0 Å². The van der Waals surface area contributed by atoms with Gasteiger partial charge in [0.05, 0.1) is 13.0 Å². The zero-order valence-corrected chi connectivity index (χ0v) is 45.6. The zero-order valence-electron chi connectivity index (χ0n) is 45.6. The number of hydrogen-bond acceptors (Lipinski definition) is 11. The van der Waals surface area contributed by atoms with E-state index >= 15 is 0 Å². The number of esters is 3. The number of aliphatic carboxylic acids is 1. The van der Waals surface area contributed by atoms with Gasteiger partial charge < -0.3 is 39.0 Å². The minimum Gasteiger partial charge on any atom is -0.479 e. The standard InChI is InChI=1S/C61H100O12/c1-4-7-10-13-16-19-22-24-26-27-29-30-33-35-38-41-44-47-53(62)69-50-52(71-54(63)48-45-42-39-36-32-21-18-15-12-9-6-3)51-70-61-59(57(66)56(65)58(73-61)60(67)68)72-55(64)49-46-43-40-37-34-31-28-25-23-20-17-14-11-8-5-2/h8,11,15,17-18,20,24-26,28,34,37,43,46,52,56-59,61,65-66H,4-7,9-10,12-14,16,19,21-23,27,29-33,35-36,38-42,44-45,47-51H2,1-3H3,(H,67,68)/b11-8-,18-15-,20-17-,26-24-,28-25-,37-34-,46-43-. The molecular weight excluding hydrogens is 925 g/mol. The van der Waals surface area contributed by atoms with E-state index in [2.05, 4.69) is 81.5 Å². The fourth-order valence-electron chi connectivity index (χ4n) is 8.07. The summed E-state index contributed by atoms with van der Waals surface area (Å²) < 4.78 is 28.2. The van der Waals surface area contributed by atoms with Crippen LogP contribution < -0.4 is 0 Å². The number of aliphatic hydroxyl groups excluding tert-OH is 2. The van der Waals surface area contributed by atoms with Crippen LogP contribution in [-0.2, 0) is 42.9 Å². The number of carboxylic acid groups (broad SMARTS) is 1. The van der Waals surface area contributed by atoms with Gasteiger partial charge in [0.15, 0.2) is 24.6 Å². The van der Waals surface area contributed by atoms with Crippen LogP contribution in [0.3, 0.4) is 0 Å². The van der Waals surface area contributed by atoms with Gasteiger partial charge in [-0.2, -0.15) is 0 Å². The van der Waals surface area contributed by atoms with E-state index < -0.39 is 67.3 Å². The van der Waals surface area contributed by atoms with Gasteiger partial charge in [0, 0.05) is 12.8 Å². The van der Waals surface area contributed by atoms with Gasteiger partial charge in [-0.05, 0) is 89.9 Å². The van der Waals surface area contributed by atoms with Crippen molar-refractivity contribution in [3.05, 3.63) is 85.1 Å². The Morgan fingerprint density at radius 2 is 0.918 bits per heavy atom. The average molecular weight is 1030 g/mol. The van der Waals surface area contributed by atoms with Gasteiger partial charge in [-0.15, -0.1) is 0 Å². The first kappa shape index (κ1) is 66.9. The minimum absolute atomic E-state index is 0.138. The van der Waals surface area contributed by atoms with Crippen LogP contribution in [0.25, 0.3) is 0 Å². The maximum atomic E-state index is 13.1. The highest BCUT2D eigenvalue weighted by Gasteiger charge is 2.50. The molecule has 416 valence electrons. The van der Waals surface area contributed by atoms with Crippen LogP contribution in [0, 0.1) is 0 Å². The maximum Gasteiger partial charge on any atom is 0.335 e. The van der Waals surface area contributed by atoms with Gasteiger partial charge >= 0.3 is 23.9 Å². The molecule has 0 aliphatic carbocycles. The minimum atomic E-state index is -1.94. The number of rotatable bonds is 47. The Kier molecular flexibility index (Phi) is 44.7. The summed E-state index contributed by atoms with van der Waals surface area (Å²) in [5.41, 5.74) is 0. The Labute approximate surface area is 441 Å². The van der Waals surface area contributed by atoms with E-state index in [-0.39, 0.29) is 25.9 Å². The Hall–Kier alpha value is -4.10. The molecule has 3 N–H and O–H groups in total. The van der Waals surface area contributed by atoms with Crippen molar-refractivity contribution in [2.24, 2.45) is 0 Å².